The van der Waals surface area contributed by atoms with Crippen molar-refractivity contribution >= 4 is 92.9 Å². The fourth-order valence-corrected chi connectivity index (χ4v) is 3.29. The minimum Gasteiger partial charge on any atom is -0.398 e. The molecule has 0 fully saturated rings. The van der Waals surface area contributed by atoms with Gasteiger partial charge in [0.05, 0.1) is 6.78 Å². The highest BCUT2D eigenvalue weighted by Gasteiger charge is 2.00. The van der Waals surface area contributed by atoms with E-state index in [0.717, 1.165) is 35.0 Å². The molecule has 150 valence electrons. The monoisotopic (exact) mass is 644 g/mol. The van der Waals surface area contributed by atoms with Gasteiger partial charge in [0.25, 0.3) is 0 Å². The number of hydrogen-bond acceptors (Lipinski definition) is 2. The van der Waals surface area contributed by atoms with Crippen LogP contribution in [0.15, 0.2) is 79.6 Å². The molecule has 0 bridgehead atoms. The van der Waals surface area contributed by atoms with Crippen molar-refractivity contribution in [3.8, 4) is 0 Å². The lowest BCUT2D eigenvalue weighted by molar-refractivity contribution is 0.628. The molecule has 0 radical (unpaired) electrons. The third-order valence-corrected chi connectivity index (χ3v) is 4.52. The predicted molar refractivity (Wildman–Crippen MR) is 139 cm³/mol. The van der Waals surface area contributed by atoms with Crippen LogP contribution in [0.5, 0.6) is 0 Å². The zero-order valence-electron chi connectivity index (χ0n) is 15.1. The largest absolute Gasteiger partial charge is 0.398 e. The summed E-state index contributed by atoms with van der Waals surface area (Å²) in [5, 5.41) is 3.25. The van der Waals surface area contributed by atoms with Crippen LogP contribution in [-0.4, -0.2) is 0 Å². The number of nitrogen functional groups attached to an aromatic ring is 1. The molecule has 0 atom stereocenters. The van der Waals surface area contributed by atoms with Crippen molar-refractivity contribution < 1.29 is 4.39 Å². The molecule has 7 heteroatoms. The van der Waals surface area contributed by atoms with Crippen molar-refractivity contribution in [1.82, 2.24) is 0 Å². The van der Waals surface area contributed by atoms with Gasteiger partial charge in [-0.25, -0.2) is 4.39 Å². The SMILES string of the molecule is Fc1ccc(Nc2ccccc2C=C(Br)Br)cc1.Nc1ccccc1C=C(Br)Br. The van der Waals surface area contributed by atoms with Gasteiger partial charge in [-0.15, -0.1) is 0 Å². The Kier molecular flexibility index (Phi) is 10.1. The highest BCUT2D eigenvalue weighted by molar-refractivity contribution is 9.28. The first kappa shape index (κ1) is 23.9. The maximum absolute atomic E-state index is 12.8. The molecular weight excluding hydrogens is 631 g/mol. The summed E-state index contributed by atoms with van der Waals surface area (Å²) in [6.45, 7) is 0. The summed E-state index contributed by atoms with van der Waals surface area (Å²) in [7, 11) is 0. The van der Waals surface area contributed by atoms with Crippen LogP contribution in [-0.2, 0) is 0 Å². The molecule has 3 N–H and O–H groups in total. The van der Waals surface area contributed by atoms with E-state index in [2.05, 4.69) is 69.0 Å². The summed E-state index contributed by atoms with van der Waals surface area (Å²) < 4.78 is 14.6. The molecule has 29 heavy (non-hydrogen) atoms. The normalized spacial score (nSPS) is 9.69. The lowest BCUT2D eigenvalue weighted by Crippen LogP contribution is -1.92. The standard InChI is InChI=1S/C14H10Br2FN.C8H7Br2N/c15-14(16)9-10-3-1-2-4-13(10)18-12-7-5-11(17)6-8-12;9-8(10)5-6-3-1-2-4-7(6)11/h1-9,18H;1-5H,11H2. The van der Waals surface area contributed by atoms with Gasteiger partial charge in [-0.1, -0.05) is 36.4 Å². The summed E-state index contributed by atoms with van der Waals surface area (Å²) in [4.78, 5) is 0. The Labute approximate surface area is 203 Å². The summed E-state index contributed by atoms with van der Waals surface area (Å²) in [5.41, 5.74) is 10.3. The zero-order chi connectivity index (χ0) is 21.2. The van der Waals surface area contributed by atoms with Crippen molar-refractivity contribution in [2.75, 3.05) is 11.1 Å². The van der Waals surface area contributed by atoms with Gasteiger partial charge in [-0.05, 0) is 123 Å². The zero-order valence-corrected chi connectivity index (χ0v) is 21.4. The number of nitrogens with one attached hydrogen (secondary N) is 1. The number of anilines is 3. The van der Waals surface area contributed by atoms with E-state index in [1.165, 1.54) is 12.1 Å². The minimum absolute atomic E-state index is 0.239. The number of hydrogen-bond donors (Lipinski definition) is 2. The van der Waals surface area contributed by atoms with E-state index in [1.54, 1.807) is 12.1 Å². The first-order chi connectivity index (χ1) is 13.8. The van der Waals surface area contributed by atoms with Crippen LogP contribution in [0.2, 0.25) is 0 Å². The maximum Gasteiger partial charge on any atom is 0.123 e. The van der Waals surface area contributed by atoms with Gasteiger partial charge in [0.15, 0.2) is 0 Å². The number of benzene rings is 3. The van der Waals surface area contributed by atoms with E-state index in [0.29, 0.717) is 0 Å². The number of halogens is 5. The van der Waals surface area contributed by atoms with Crippen LogP contribution in [0, 0.1) is 5.82 Å². The van der Waals surface area contributed by atoms with Crippen molar-refractivity contribution in [3.63, 3.8) is 0 Å². The second kappa shape index (κ2) is 12.3. The Bertz CT molecular complexity index is 994. The molecule has 2 nitrogen and oxygen atoms in total. The lowest BCUT2D eigenvalue weighted by atomic mass is 10.1. The Hall–Kier alpha value is -1.41. The predicted octanol–water partition coefficient (Wildman–Crippen LogP) is 9.01. The number of para-hydroxylation sites is 2. The van der Waals surface area contributed by atoms with Crippen molar-refractivity contribution in [3.05, 3.63) is 96.5 Å². The fraction of sp³-hybridized carbons (Fsp3) is 0. The van der Waals surface area contributed by atoms with E-state index in [-0.39, 0.29) is 5.82 Å². The summed E-state index contributed by atoms with van der Waals surface area (Å²) in [6, 6.07) is 21.8. The molecular formula is C22H17Br4FN2. The molecule has 3 rings (SSSR count). The minimum atomic E-state index is -0.239. The molecule has 0 amide bonds. The summed E-state index contributed by atoms with van der Waals surface area (Å²) >= 11 is 13.2. The highest BCUT2D eigenvalue weighted by atomic mass is 79.9. The van der Waals surface area contributed by atoms with Crippen molar-refractivity contribution in [2.24, 2.45) is 0 Å². The molecule has 0 aromatic heterocycles. The maximum atomic E-state index is 12.8. The Morgan fingerprint density at radius 3 is 1.83 bits per heavy atom. The highest BCUT2D eigenvalue weighted by Crippen LogP contribution is 2.26. The van der Waals surface area contributed by atoms with E-state index in [4.69, 9.17) is 5.73 Å². The summed E-state index contributed by atoms with van der Waals surface area (Å²) in [6.07, 6.45) is 3.86. The van der Waals surface area contributed by atoms with Crippen LogP contribution in [0.3, 0.4) is 0 Å². The lowest BCUT2D eigenvalue weighted by Gasteiger charge is -2.09. The molecule has 0 unspecified atom stereocenters. The molecule has 0 aliphatic carbocycles. The van der Waals surface area contributed by atoms with Gasteiger partial charge in [-0.2, -0.15) is 0 Å². The van der Waals surface area contributed by atoms with E-state index in [9.17, 15) is 4.39 Å². The van der Waals surface area contributed by atoms with E-state index >= 15 is 0 Å². The van der Waals surface area contributed by atoms with Crippen molar-refractivity contribution in [1.29, 1.82) is 0 Å². The first-order valence-electron chi connectivity index (χ1n) is 8.36. The van der Waals surface area contributed by atoms with Gasteiger partial charge in [0.2, 0.25) is 0 Å². The molecule has 0 heterocycles. The third kappa shape index (κ3) is 8.86. The second-order valence-electron chi connectivity index (χ2n) is 5.72. The average Bonchev–Trinajstić information content (AvgIpc) is 2.67. The smallest absolute Gasteiger partial charge is 0.123 e. The Morgan fingerprint density at radius 2 is 1.24 bits per heavy atom. The Morgan fingerprint density at radius 1 is 0.724 bits per heavy atom. The molecule has 0 saturated carbocycles. The van der Waals surface area contributed by atoms with Crippen molar-refractivity contribution in [2.45, 2.75) is 0 Å². The molecule has 0 aliphatic rings. The van der Waals surface area contributed by atoms with Crippen LogP contribution < -0.4 is 11.1 Å². The fourth-order valence-electron chi connectivity index (χ4n) is 2.30. The third-order valence-electron chi connectivity index (χ3n) is 3.61. The topological polar surface area (TPSA) is 38.0 Å². The summed E-state index contributed by atoms with van der Waals surface area (Å²) in [5.74, 6) is -0.239. The molecule has 0 spiro atoms. The molecule has 3 aromatic carbocycles. The van der Waals surface area contributed by atoms with E-state index in [1.807, 2.05) is 60.7 Å². The molecule has 3 aromatic rings. The molecule has 0 saturated heterocycles. The van der Waals surface area contributed by atoms with Crippen LogP contribution in [0.4, 0.5) is 21.5 Å². The average molecular weight is 648 g/mol. The Balaban J connectivity index is 0.000000234. The van der Waals surface area contributed by atoms with E-state index < -0.39 is 0 Å². The van der Waals surface area contributed by atoms with Gasteiger partial charge < -0.3 is 11.1 Å². The van der Waals surface area contributed by atoms with Gasteiger partial charge in [0, 0.05) is 17.1 Å². The van der Waals surface area contributed by atoms with Crippen LogP contribution in [0.1, 0.15) is 11.1 Å². The second-order valence-corrected chi connectivity index (χ2v) is 11.3. The first-order valence-corrected chi connectivity index (χ1v) is 11.5. The van der Waals surface area contributed by atoms with Gasteiger partial charge in [0.1, 0.15) is 5.82 Å². The number of nitrogens with two attached hydrogens (primary N) is 1. The molecule has 0 aliphatic heterocycles. The quantitative estimate of drug-likeness (QED) is 0.278. The van der Waals surface area contributed by atoms with Crippen LogP contribution >= 0.6 is 63.7 Å². The van der Waals surface area contributed by atoms with Crippen LogP contribution in [0.25, 0.3) is 12.2 Å². The van der Waals surface area contributed by atoms with Gasteiger partial charge in [-0.3, -0.25) is 0 Å². The number of rotatable bonds is 4. The van der Waals surface area contributed by atoms with Gasteiger partial charge >= 0.3 is 0 Å².